The maximum absolute atomic E-state index is 13.1. The largest absolute Gasteiger partial charge is 0.494 e. The number of hydrogen-bond acceptors (Lipinski definition) is 6. The summed E-state index contributed by atoms with van der Waals surface area (Å²) in [5, 5.41) is 9.70. The number of urea groups is 1. The molecule has 1 fully saturated rings. The standard InChI is InChI=1S/C27H33N5O4/c1-17-22(12-20-13-24(29-18(2)33)26(36-4)14-23(20)28-17)30-27(34)31-25-16-32(10-11-35-3)15-21(25)19-8-6-5-7-9-19/h5-9,12-14,21,25H,10-11,15-16H2,1-4H3,(H,29,33)(H2,30,31,34)/t21-,25+/m0/s1. The van der Waals surface area contributed by atoms with E-state index < -0.39 is 0 Å². The quantitative estimate of drug-likeness (QED) is 0.443. The fourth-order valence-corrected chi connectivity index (χ4v) is 4.68. The molecule has 3 amide bonds. The van der Waals surface area contributed by atoms with Crippen LogP contribution in [0.2, 0.25) is 0 Å². The summed E-state index contributed by atoms with van der Waals surface area (Å²) in [7, 11) is 3.24. The highest BCUT2D eigenvalue weighted by Crippen LogP contribution is 2.32. The van der Waals surface area contributed by atoms with Gasteiger partial charge in [-0.25, -0.2) is 4.79 Å². The number of fused-ring (bicyclic) bond motifs is 1. The lowest BCUT2D eigenvalue weighted by Gasteiger charge is -2.21. The second-order valence-corrected chi connectivity index (χ2v) is 9.02. The predicted molar refractivity (Wildman–Crippen MR) is 141 cm³/mol. The lowest BCUT2D eigenvalue weighted by molar-refractivity contribution is -0.114. The van der Waals surface area contributed by atoms with Crippen LogP contribution in [0.15, 0.2) is 48.5 Å². The van der Waals surface area contributed by atoms with E-state index in [1.54, 1.807) is 26.4 Å². The summed E-state index contributed by atoms with van der Waals surface area (Å²) >= 11 is 0. The number of aromatic nitrogens is 1. The molecule has 1 aliphatic rings. The van der Waals surface area contributed by atoms with Gasteiger partial charge in [-0.05, 0) is 24.6 Å². The molecule has 2 heterocycles. The van der Waals surface area contributed by atoms with Gasteiger partial charge >= 0.3 is 6.03 Å². The van der Waals surface area contributed by atoms with Crippen LogP contribution in [0.1, 0.15) is 24.1 Å². The lowest BCUT2D eigenvalue weighted by Crippen LogP contribution is -2.42. The van der Waals surface area contributed by atoms with Crippen LogP contribution in [0, 0.1) is 6.92 Å². The average molecular weight is 492 g/mol. The molecule has 1 aliphatic heterocycles. The number of methoxy groups -OCH3 is 2. The second kappa shape index (κ2) is 11.4. The summed E-state index contributed by atoms with van der Waals surface area (Å²) in [6.07, 6.45) is 0. The molecule has 1 saturated heterocycles. The van der Waals surface area contributed by atoms with Gasteiger partial charge in [0.05, 0.1) is 42.3 Å². The number of pyridine rings is 1. The number of carbonyl (C=O) groups is 2. The van der Waals surface area contributed by atoms with Crippen molar-refractivity contribution in [1.82, 2.24) is 15.2 Å². The fourth-order valence-electron chi connectivity index (χ4n) is 4.68. The molecule has 1 aromatic heterocycles. The molecule has 0 spiro atoms. The molecule has 9 heteroatoms. The van der Waals surface area contributed by atoms with Crippen molar-refractivity contribution < 1.29 is 19.1 Å². The van der Waals surface area contributed by atoms with Crippen molar-refractivity contribution >= 4 is 34.2 Å². The number of hydrogen-bond donors (Lipinski definition) is 3. The van der Waals surface area contributed by atoms with Gasteiger partial charge in [0.2, 0.25) is 5.91 Å². The maximum Gasteiger partial charge on any atom is 0.319 e. The van der Waals surface area contributed by atoms with Gasteiger partial charge in [-0.15, -0.1) is 0 Å². The highest BCUT2D eigenvalue weighted by Gasteiger charge is 2.34. The number of nitrogens with one attached hydrogen (secondary N) is 3. The number of rotatable bonds is 8. The Morgan fingerprint density at radius 1 is 1.06 bits per heavy atom. The van der Waals surface area contributed by atoms with Crippen LogP contribution in [0.3, 0.4) is 0 Å². The molecule has 0 bridgehead atoms. The van der Waals surface area contributed by atoms with Crippen molar-refractivity contribution in [3.63, 3.8) is 0 Å². The molecule has 3 aromatic rings. The van der Waals surface area contributed by atoms with Crippen LogP contribution < -0.4 is 20.7 Å². The van der Waals surface area contributed by atoms with Gasteiger partial charge in [0, 0.05) is 51.0 Å². The summed E-state index contributed by atoms with van der Waals surface area (Å²) in [4.78, 5) is 31.6. The molecule has 0 aliphatic carbocycles. The normalized spacial score (nSPS) is 17.7. The molecule has 0 radical (unpaired) electrons. The van der Waals surface area contributed by atoms with E-state index in [0.717, 1.165) is 25.0 Å². The summed E-state index contributed by atoms with van der Waals surface area (Å²) in [5.74, 6) is 0.501. The van der Waals surface area contributed by atoms with Crippen molar-refractivity contribution in [3.8, 4) is 5.75 Å². The summed E-state index contributed by atoms with van der Waals surface area (Å²) in [6.45, 7) is 6.34. The smallest absolute Gasteiger partial charge is 0.319 e. The van der Waals surface area contributed by atoms with Gasteiger partial charge in [-0.1, -0.05) is 30.3 Å². The van der Waals surface area contributed by atoms with Crippen molar-refractivity contribution in [3.05, 3.63) is 59.8 Å². The minimum atomic E-state index is -0.283. The van der Waals surface area contributed by atoms with Crippen molar-refractivity contribution in [2.24, 2.45) is 0 Å². The first-order valence-corrected chi connectivity index (χ1v) is 12.0. The summed E-state index contributed by atoms with van der Waals surface area (Å²) < 4.78 is 10.6. The minimum absolute atomic E-state index is 0.0476. The average Bonchev–Trinajstić information content (AvgIpc) is 3.25. The number of aryl methyl sites for hydroxylation is 1. The van der Waals surface area contributed by atoms with E-state index in [-0.39, 0.29) is 23.9 Å². The molecule has 4 rings (SSSR count). The molecule has 2 aromatic carbocycles. The van der Waals surface area contributed by atoms with Gasteiger partial charge < -0.3 is 25.4 Å². The van der Waals surface area contributed by atoms with Crippen LogP contribution in [0.5, 0.6) is 5.75 Å². The monoisotopic (exact) mass is 491 g/mol. The Labute approximate surface area is 211 Å². The van der Waals surface area contributed by atoms with Crippen molar-refractivity contribution in [2.75, 3.05) is 51.1 Å². The number of anilines is 2. The van der Waals surface area contributed by atoms with E-state index in [4.69, 9.17) is 9.47 Å². The zero-order valence-electron chi connectivity index (χ0n) is 21.1. The number of amides is 3. The van der Waals surface area contributed by atoms with Crippen LogP contribution in [0.25, 0.3) is 10.9 Å². The first-order valence-electron chi connectivity index (χ1n) is 12.0. The summed E-state index contributed by atoms with van der Waals surface area (Å²) in [5.41, 5.74) is 3.74. The highest BCUT2D eigenvalue weighted by atomic mass is 16.5. The Morgan fingerprint density at radius 3 is 2.50 bits per heavy atom. The van der Waals surface area contributed by atoms with Crippen LogP contribution in [-0.4, -0.2) is 68.3 Å². The Kier molecular flexibility index (Phi) is 8.02. The summed E-state index contributed by atoms with van der Waals surface area (Å²) in [6, 6.07) is 15.4. The molecule has 0 unspecified atom stereocenters. The van der Waals surface area contributed by atoms with Gasteiger partial charge in [-0.3, -0.25) is 14.7 Å². The van der Waals surface area contributed by atoms with E-state index in [1.165, 1.54) is 12.5 Å². The van der Waals surface area contributed by atoms with E-state index >= 15 is 0 Å². The van der Waals surface area contributed by atoms with Crippen LogP contribution in [0.4, 0.5) is 16.2 Å². The fraction of sp³-hybridized carbons (Fsp3) is 0.370. The van der Waals surface area contributed by atoms with Gasteiger partial charge in [-0.2, -0.15) is 0 Å². The second-order valence-electron chi connectivity index (χ2n) is 9.02. The zero-order valence-corrected chi connectivity index (χ0v) is 21.1. The molecule has 0 saturated carbocycles. The zero-order chi connectivity index (χ0) is 25.7. The first kappa shape index (κ1) is 25.4. The third-order valence-electron chi connectivity index (χ3n) is 6.44. The molecule has 2 atom stereocenters. The van der Waals surface area contributed by atoms with Crippen LogP contribution in [-0.2, 0) is 9.53 Å². The van der Waals surface area contributed by atoms with Gasteiger partial charge in [0.25, 0.3) is 0 Å². The number of nitrogens with zero attached hydrogens (tertiary/aromatic N) is 2. The van der Waals surface area contributed by atoms with Gasteiger partial charge in [0.15, 0.2) is 0 Å². The van der Waals surface area contributed by atoms with Gasteiger partial charge in [0.1, 0.15) is 5.75 Å². The third kappa shape index (κ3) is 5.92. The maximum atomic E-state index is 13.1. The highest BCUT2D eigenvalue weighted by molar-refractivity contribution is 5.97. The Hall–Kier alpha value is -3.69. The minimum Gasteiger partial charge on any atom is -0.494 e. The molecule has 190 valence electrons. The Bertz CT molecular complexity index is 1230. The Morgan fingerprint density at radius 2 is 1.81 bits per heavy atom. The van der Waals surface area contributed by atoms with E-state index in [0.29, 0.717) is 34.9 Å². The van der Waals surface area contributed by atoms with E-state index in [9.17, 15) is 9.59 Å². The number of ether oxygens (including phenoxy) is 2. The molecule has 9 nitrogen and oxygen atoms in total. The molecular weight excluding hydrogens is 458 g/mol. The number of likely N-dealkylation sites (tertiary alicyclic amines) is 1. The van der Waals surface area contributed by atoms with Crippen molar-refractivity contribution in [2.45, 2.75) is 25.8 Å². The predicted octanol–water partition coefficient (Wildman–Crippen LogP) is 3.75. The van der Waals surface area contributed by atoms with Crippen LogP contribution >= 0.6 is 0 Å². The molecule has 3 N–H and O–H groups in total. The molecule has 36 heavy (non-hydrogen) atoms. The first-order chi connectivity index (χ1) is 17.4. The third-order valence-corrected chi connectivity index (χ3v) is 6.44. The molecular formula is C27H33N5O4. The van der Waals surface area contributed by atoms with E-state index in [1.807, 2.05) is 31.2 Å². The SMILES string of the molecule is COCCN1C[C@@H](NC(=O)Nc2cc3cc(NC(C)=O)c(OC)cc3nc2C)[C@H](c2ccccc2)C1. The lowest BCUT2D eigenvalue weighted by atomic mass is 9.94. The topological polar surface area (TPSA) is 105 Å². The van der Waals surface area contributed by atoms with E-state index in [2.05, 4.69) is 38.0 Å². The van der Waals surface area contributed by atoms with Crippen molar-refractivity contribution in [1.29, 1.82) is 0 Å². The number of benzene rings is 2. The Balaban J connectivity index is 1.53. The number of carbonyl (C=O) groups excluding carboxylic acids is 2.